The molecule has 116 valence electrons. The maximum absolute atomic E-state index is 11.3. The average Bonchev–Trinajstić information content (AvgIpc) is 2.48. The molecule has 0 spiro atoms. The second-order valence-electron chi connectivity index (χ2n) is 5.94. The van der Waals surface area contributed by atoms with Crippen LogP contribution in [-0.4, -0.2) is 112 Å². The number of hydrogen-bond donors (Lipinski definition) is 1. The lowest BCUT2D eigenvalue weighted by Gasteiger charge is -2.37. The van der Waals surface area contributed by atoms with Crippen molar-refractivity contribution in [2.45, 2.75) is 0 Å². The Hall–Kier alpha value is -0.690. The minimum absolute atomic E-state index is 0.121. The number of likely N-dealkylation sites (N-methyl/N-ethyl adjacent to an activating group) is 2. The van der Waals surface area contributed by atoms with E-state index in [9.17, 15) is 4.79 Å². The van der Waals surface area contributed by atoms with E-state index in [-0.39, 0.29) is 5.91 Å². The Morgan fingerprint density at radius 1 is 0.850 bits per heavy atom. The first kappa shape index (κ1) is 15.7. The Kier molecular flexibility index (Phi) is 6.22. The number of nitrogens with zero attached hydrogens (tertiary/aromatic N) is 4. The minimum atomic E-state index is 0.121. The normalized spacial score (nSPS) is 23.9. The molecule has 2 heterocycles. The highest BCUT2D eigenvalue weighted by atomic mass is 16.1. The second kappa shape index (κ2) is 7.93. The maximum atomic E-state index is 11.3. The molecule has 0 bridgehead atoms. The third-order valence-electron chi connectivity index (χ3n) is 4.44. The summed E-state index contributed by atoms with van der Waals surface area (Å²) in [5.41, 5.74) is 0. The highest BCUT2D eigenvalue weighted by Crippen LogP contribution is 2.03. The minimum Gasteiger partial charge on any atom is -0.358 e. The SMILES string of the molecule is CNC(=O)CN1CCN(CCN2CCN(C)CC2)CC1. The van der Waals surface area contributed by atoms with Gasteiger partial charge >= 0.3 is 0 Å². The topological polar surface area (TPSA) is 42.1 Å². The molecule has 2 aliphatic heterocycles. The summed E-state index contributed by atoms with van der Waals surface area (Å²) in [6, 6.07) is 0. The molecule has 0 radical (unpaired) electrons. The van der Waals surface area contributed by atoms with Crippen LogP contribution in [0.1, 0.15) is 0 Å². The fourth-order valence-electron chi connectivity index (χ4n) is 2.81. The number of amides is 1. The summed E-state index contributed by atoms with van der Waals surface area (Å²) in [7, 11) is 3.90. The van der Waals surface area contributed by atoms with E-state index >= 15 is 0 Å². The maximum Gasteiger partial charge on any atom is 0.233 e. The van der Waals surface area contributed by atoms with Gasteiger partial charge in [0.2, 0.25) is 5.91 Å². The summed E-state index contributed by atoms with van der Waals surface area (Å²) >= 11 is 0. The van der Waals surface area contributed by atoms with E-state index in [0.717, 1.165) is 32.7 Å². The first-order valence-electron chi connectivity index (χ1n) is 7.73. The first-order valence-corrected chi connectivity index (χ1v) is 7.73. The van der Waals surface area contributed by atoms with Crippen molar-refractivity contribution in [2.24, 2.45) is 0 Å². The molecule has 2 aliphatic rings. The van der Waals surface area contributed by atoms with Gasteiger partial charge in [0.25, 0.3) is 0 Å². The van der Waals surface area contributed by atoms with Gasteiger partial charge in [0.1, 0.15) is 0 Å². The van der Waals surface area contributed by atoms with E-state index in [2.05, 4.69) is 32.0 Å². The Bertz CT molecular complexity index is 296. The molecule has 1 amide bonds. The van der Waals surface area contributed by atoms with Crippen molar-refractivity contribution < 1.29 is 4.79 Å². The van der Waals surface area contributed by atoms with Crippen molar-refractivity contribution in [3.05, 3.63) is 0 Å². The van der Waals surface area contributed by atoms with Crippen LogP contribution in [0.25, 0.3) is 0 Å². The molecule has 2 saturated heterocycles. The molecule has 0 aromatic carbocycles. The average molecular weight is 283 g/mol. The molecule has 1 N–H and O–H groups in total. The molecule has 6 nitrogen and oxygen atoms in total. The number of piperazine rings is 2. The molecule has 0 aromatic rings. The quantitative estimate of drug-likeness (QED) is 0.672. The van der Waals surface area contributed by atoms with Crippen molar-refractivity contribution >= 4 is 5.91 Å². The fourth-order valence-corrected chi connectivity index (χ4v) is 2.81. The molecule has 0 unspecified atom stereocenters. The molecule has 6 heteroatoms. The van der Waals surface area contributed by atoms with Crippen LogP contribution < -0.4 is 5.32 Å². The zero-order chi connectivity index (χ0) is 14.4. The molecule has 0 saturated carbocycles. The van der Waals surface area contributed by atoms with Gasteiger partial charge in [-0.15, -0.1) is 0 Å². The Balaban J connectivity index is 1.59. The summed E-state index contributed by atoms with van der Waals surface area (Å²) in [5.74, 6) is 0.121. The molecule has 0 aliphatic carbocycles. The van der Waals surface area contributed by atoms with Crippen molar-refractivity contribution in [3.8, 4) is 0 Å². The van der Waals surface area contributed by atoms with Crippen molar-refractivity contribution in [1.29, 1.82) is 0 Å². The fraction of sp³-hybridized carbons (Fsp3) is 0.929. The van der Waals surface area contributed by atoms with Gasteiger partial charge in [-0.1, -0.05) is 0 Å². The summed E-state index contributed by atoms with van der Waals surface area (Å²) < 4.78 is 0. The summed E-state index contributed by atoms with van der Waals surface area (Å²) in [6.45, 7) is 11.9. The predicted octanol–water partition coefficient (Wildman–Crippen LogP) is -1.40. The zero-order valence-corrected chi connectivity index (χ0v) is 13.0. The van der Waals surface area contributed by atoms with E-state index in [1.165, 1.54) is 32.7 Å². The van der Waals surface area contributed by atoms with Gasteiger partial charge < -0.3 is 10.2 Å². The largest absolute Gasteiger partial charge is 0.358 e. The molecule has 0 atom stereocenters. The van der Waals surface area contributed by atoms with E-state index < -0.39 is 0 Å². The Morgan fingerprint density at radius 3 is 1.80 bits per heavy atom. The standard InChI is InChI=1S/C14H29N5O/c1-15-14(20)13-19-11-9-18(10-12-19)8-7-17-5-3-16(2)4-6-17/h3-13H2,1-2H3,(H,15,20). The van der Waals surface area contributed by atoms with Crippen LogP contribution in [0, 0.1) is 0 Å². The number of carbonyl (C=O) groups excluding carboxylic acids is 1. The van der Waals surface area contributed by atoms with Crippen LogP contribution in [0.2, 0.25) is 0 Å². The number of rotatable bonds is 5. The van der Waals surface area contributed by atoms with Crippen LogP contribution in [0.5, 0.6) is 0 Å². The highest BCUT2D eigenvalue weighted by molar-refractivity contribution is 5.77. The lowest BCUT2D eigenvalue weighted by molar-refractivity contribution is -0.122. The lowest BCUT2D eigenvalue weighted by atomic mass is 10.3. The van der Waals surface area contributed by atoms with Crippen molar-refractivity contribution in [2.75, 3.05) is 86.1 Å². The van der Waals surface area contributed by atoms with Gasteiger partial charge in [-0.3, -0.25) is 19.5 Å². The zero-order valence-electron chi connectivity index (χ0n) is 13.0. The molecule has 20 heavy (non-hydrogen) atoms. The first-order chi connectivity index (χ1) is 9.67. The van der Waals surface area contributed by atoms with E-state index in [0.29, 0.717) is 6.54 Å². The van der Waals surface area contributed by atoms with Gasteiger partial charge in [-0.2, -0.15) is 0 Å². The van der Waals surface area contributed by atoms with Gasteiger partial charge in [0.05, 0.1) is 6.54 Å². The van der Waals surface area contributed by atoms with E-state index in [1.54, 1.807) is 7.05 Å². The Morgan fingerprint density at radius 2 is 1.30 bits per heavy atom. The van der Waals surface area contributed by atoms with Crippen molar-refractivity contribution in [1.82, 2.24) is 24.9 Å². The molecule has 0 aromatic heterocycles. The summed E-state index contributed by atoms with van der Waals surface area (Å²) in [5, 5.41) is 2.69. The van der Waals surface area contributed by atoms with Gasteiger partial charge in [0.15, 0.2) is 0 Å². The monoisotopic (exact) mass is 283 g/mol. The highest BCUT2D eigenvalue weighted by Gasteiger charge is 2.19. The third kappa shape index (κ3) is 5.01. The predicted molar refractivity (Wildman–Crippen MR) is 80.9 cm³/mol. The van der Waals surface area contributed by atoms with Crippen LogP contribution in [-0.2, 0) is 4.79 Å². The Labute approximate surface area is 122 Å². The van der Waals surface area contributed by atoms with Crippen LogP contribution in [0.3, 0.4) is 0 Å². The molecular weight excluding hydrogens is 254 g/mol. The summed E-state index contributed by atoms with van der Waals surface area (Å²) in [6.07, 6.45) is 0. The van der Waals surface area contributed by atoms with Gasteiger partial charge in [-0.05, 0) is 7.05 Å². The van der Waals surface area contributed by atoms with Gasteiger partial charge in [0, 0.05) is 72.5 Å². The van der Waals surface area contributed by atoms with Crippen molar-refractivity contribution in [3.63, 3.8) is 0 Å². The lowest BCUT2D eigenvalue weighted by Crippen LogP contribution is -2.52. The third-order valence-corrected chi connectivity index (χ3v) is 4.44. The van der Waals surface area contributed by atoms with Crippen LogP contribution in [0.15, 0.2) is 0 Å². The molecule has 2 rings (SSSR count). The van der Waals surface area contributed by atoms with E-state index in [1.807, 2.05) is 0 Å². The van der Waals surface area contributed by atoms with Crippen LogP contribution >= 0.6 is 0 Å². The second-order valence-corrected chi connectivity index (χ2v) is 5.94. The van der Waals surface area contributed by atoms with Crippen LogP contribution in [0.4, 0.5) is 0 Å². The van der Waals surface area contributed by atoms with E-state index in [4.69, 9.17) is 0 Å². The number of nitrogens with one attached hydrogen (secondary N) is 1. The molecule has 2 fully saturated rings. The summed E-state index contributed by atoms with van der Waals surface area (Å²) in [4.78, 5) is 21.1. The number of hydrogen-bond acceptors (Lipinski definition) is 5. The number of carbonyl (C=O) groups is 1. The smallest absolute Gasteiger partial charge is 0.233 e. The van der Waals surface area contributed by atoms with Gasteiger partial charge in [-0.25, -0.2) is 0 Å². The molecular formula is C14H29N5O.